The van der Waals surface area contributed by atoms with Gasteiger partial charge in [0.15, 0.2) is 0 Å². The summed E-state index contributed by atoms with van der Waals surface area (Å²) in [5, 5.41) is 15.0. The number of carbonyl (C=O) groups excluding carboxylic acids is 2. The van der Waals surface area contributed by atoms with Gasteiger partial charge in [0, 0.05) is 19.5 Å². The summed E-state index contributed by atoms with van der Waals surface area (Å²) in [6, 6.07) is 17.0. The highest BCUT2D eigenvalue weighted by molar-refractivity contribution is 7.58. The number of aliphatic carboxylic acids is 1. The Morgan fingerprint density at radius 2 is 1.40 bits per heavy atom. The molecular formula is C26H35N2O6P. The molecule has 2 amide bonds. The van der Waals surface area contributed by atoms with Crippen molar-refractivity contribution in [1.29, 1.82) is 0 Å². The highest BCUT2D eigenvalue weighted by atomic mass is 31.2. The Bertz CT molecular complexity index is 1030. The summed E-state index contributed by atoms with van der Waals surface area (Å²) in [5.41, 5.74) is 1.47. The van der Waals surface area contributed by atoms with Crippen LogP contribution in [0.15, 0.2) is 60.7 Å². The van der Waals surface area contributed by atoms with Crippen LogP contribution in [-0.2, 0) is 31.8 Å². The van der Waals surface area contributed by atoms with E-state index < -0.39 is 43.1 Å². The monoisotopic (exact) mass is 502 g/mol. The average molecular weight is 503 g/mol. The average Bonchev–Trinajstić information content (AvgIpc) is 2.78. The summed E-state index contributed by atoms with van der Waals surface area (Å²) in [4.78, 5) is 47.8. The Balaban J connectivity index is 2.31. The molecule has 1 unspecified atom stereocenters. The highest BCUT2D eigenvalue weighted by Gasteiger charge is 2.38. The lowest BCUT2D eigenvalue weighted by Gasteiger charge is -2.29. The van der Waals surface area contributed by atoms with Gasteiger partial charge in [-0.1, -0.05) is 74.5 Å². The van der Waals surface area contributed by atoms with Crippen molar-refractivity contribution < 1.29 is 28.9 Å². The van der Waals surface area contributed by atoms with E-state index in [1.165, 1.54) is 6.92 Å². The van der Waals surface area contributed by atoms with Gasteiger partial charge < -0.3 is 20.6 Å². The molecule has 2 aromatic rings. The quantitative estimate of drug-likeness (QED) is 0.310. The normalized spacial score (nSPS) is 15.5. The number of hydrogen-bond donors (Lipinski definition) is 4. The molecule has 0 heterocycles. The zero-order valence-electron chi connectivity index (χ0n) is 20.4. The van der Waals surface area contributed by atoms with E-state index in [1.807, 2.05) is 26.0 Å². The number of benzene rings is 2. The van der Waals surface area contributed by atoms with Crippen LogP contribution in [0.1, 0.15) is 38.3 Å². The smallest absolute Gasteiger partial charge is 0.307 e. The zero-order valence-corrected chi connectivity index (χ0v) is 21.3. The third-order valence-electron chi connectivity index (χ3n) is 5.62. The van der Waals surface area contributed by atoms with Gasteiger partial charge in [0.2, 0.25) is 19.2 Å². The molecule has 0 saturated heterocycles. The Hall–Kier alpha value is -2.96. The van der Waals surface area contributed by atoms with Crippen LogP contribution in [0.5, 0.6) is 0 Å². The lowest BCUT2D eigenvalue weighted by molar-refractivity contribution is -0.141. The van der Waals surface area contributed by atoms with Crippen LogP contribution in [-0.4, -0.2) is 45.8 Å². The third kappa shape index (κ3) is 9.67. The van der Waals surface area contributed by atoms with Crippen molar-refractivity contribution in [2.75, 3.05) is 6.16 Å². The van der Waals surface area contributed by atoms with Gasteiger partial charge in [-0.25, -0.2) is 0 Å². The maximum atomic E-state index is 13.6. The predicted octanol–water partition coefficient (Wildman–Crippen LogP) is 3.44. The number of carbonyl (C=O) groups is 3. The van der Waals surface area contributed by atoms with Crippen LogP contribution in [0.3, 0.4) is 0 Å². The van der Waals surface area contributed by atoms with Crippen molar-refractivity contribution in [1.82, 2.24) is 10.6 Å². The molecule has 0 aromatic heterocycles. The molecule has 0 radical (unpaired) electrons. The Morgan fingerprint density at radius 1 is 0.886 bits per heavy atom. The standard InChI is InChI=1S/C26H35N2O6P/c1-18(2)14-23(27-19(3)29)25(30)28-24(16-21-12-8-5-9-13-21)35(33,34)17-22(26(31)32)15-20-10-6-4-7-11-20/h4-13,18,22-24H,14-17H2,1-3H3,(H,27,29)(H,28,30)(H,31,32)(H,33,34)/t22-,23+,24+/m1/s1. The Morgan fingerprint density at radius 3 is 1.86 bits per heavy atom. The minimum atomic E-state index is -4.20. The molecule has 0 saturated carbocycles. The minimum Gasteiger partial charge on any atom is -0.481 e. The fourth-order valence-electron chi connectivity index (χ4n) is 3.92. The van der Waals surface area contributed by atoms with E-state index in [1.54, 1.807) is 48.5 Å². The first-order valence-electron chi connectivity index (χ1n) is 11.7. The summed E-state index contributed by atoms with van der Waals surface area (Å²) in [5.74, 6) is -4.36. The van der Waals surface area contributed by atoms with Crippen LogP contribution in [0.2, 0.25) is 0 Å². The molecule has 8 nitrogen and oxygen atoms in total. The Kier molecular flexibility index (Phi) is 10.7. The molecule has 0 spiro atoms. The predicted molar refractivity (Wildman–Crippen MR) is 135 cm³/mol. The number of carboxylic acids is 1. The molecule has 2 aromatic carbocycles. The third-order valence-corrected chi connectivity index (χ3v) is 7.87. The van der Waals surface area contributed by atoms with Crippen LogP contribution in [0, 0.1) is 11.8 Å². The molecule has 190 valence electrons. The molecule has 0 fully saturated rings. The topological polar surface area (TPSA) is 133 Å². The van der Waals surface area contributed by atoms with Crippen molar-refractivity contribution in [2.45, 2.75) is 51.9 Å². The van der Waals surface area contributed by atoms with Crippen LogP contribution in [0.4, 0.5) is 0 Å². The van der Waals surface area contributed by atoms with Crippen LogP contribution >= 0.6 is 7.37 Å². The van der Waals surface area contributed by atoms with Gasteiger partial charge in [-0.15, -0.1) is 0 Å². The first-order chi connectivity index (χ1) is 16.5. The van der Waals surface area contributed by atoms with Gasteiger partial charge in [-0.2, -0.15) is 0 Å². The number of nitrogens with one attached hydrogen (secondary N) is 2. The first kappa shape index (κ1) is 28.3. The second-order valence-corrected chi connectivity index (χ2v) is 11.8. The van der Waals surface area contributed by atoms with Gasteiger partial charge in [0.1, 0.15) is 11.8 Å². The SMILES string of the molecule is CC(=O)N[C@@H](CC(C)C)C(=O)N[C@H](Cc1ccccc1)P(=O)(O)C[C@@H](Cc1ccccc1)C(=O)O. The van der Waals surface area contributed by atoms with Crippen LogP contribution < -0.4 is 10.6 Å². The molecule has 2 rings (SSSR count). The molecule has 0 aliphatic heterocycles. The molecule has 0 aliphatic carbocycles. The van der Waals surface area contributed by atoms with E-state index >= 15 is 0 Å². The maximum absolute atomic E-state index is 13.6. The van der Waals surface area contributed by atoms with Gasteiger partial charge >= 0.3 is 5.97 Å². The van der Waals surface area contributed by atoms with E-state index in [0.29, 0.717) is 6.42 Å². The summed E-state index contributed by atoms with van der Waals surface area (Å²) in [6.45, 7) is 5.11. The minimum absolute atomic E-state index is 0.0481. The van der Waals surface area contributed by atoms with Crippen molar-refractivity contribution in [3.8, 4) is 0 Å². The van der Waals surface area contributed by atoms with E-state index in [9.17, 15) is 28.9 Å². The number of amides is 2. The first-order valence-corrected chi connectivity index (χ1v) is 13.6. The van der Waals surface area contributed by atoms with E-state index in [0.717, 1.165) is 11.1 Å². The van der Waals surface area contributed by atoms with Crippen molar-refractivity contribution in [2.24, 2.45) is 11.8 Å². The molecular weight excluding hydrogens is 467 g/mol. The number of rotatable bonds is 13. The zero-order chi connectivity index (χ0) is 26.0. The summed E-state index contributed by atoms with van der Waals surface area (Å²) in [6.07, 6.45) is -0.00392. The van der Waals surface area contributed by atoms with E-state index in [4.69, 9.17) is 0 Å². The van der Waals surface area contributed by atoms with Gasteiger partial charge in [-0.3, -0.25) is 18.9 Å². The second-order valence-electron chi connectivity index (χ2n) is 9.26. The van der Waals surface area contributed by atoms with Crippen molar-refractivity contribution >= 4 is 25.2 Å². The number of hydrogen-bond acceptors (Lipinski definition) is 4. The van der Waals surface area contributed by atoms with E-state index in [-0.39, 0.29) is 24.7 Å². The molecule has 9 heteroatoms. The lowest BCUT2D eigenvalue weighted by Crippen LogP contribution is -2.50. The molecule has 35 heavy (non-hydrogen) atoms. The fraction of sp³-hybridized carbons (Fsp3) is 0.423. The van der Waals surface area contributed by atoms with Crippen molar-refractivity contribution in [3.63, 3.8) is 0 Å². The van der Waals surface area contributed by atoms with Gasteiger partial charge in [-0.05, 0) is 29.9 Å². The largest absolute Gasteiger partial charge is 0.481 e. The van der Waals surface area contributed by atoms with Gasteiger partial charge in [0.05, 0.1) is 5.92 Å². The summed E-state index contributed by atoms with van der Waals surface area (Å²) >= 11 is 0. The van der Waals surface area contributed by atoms with Gasteiger partial charge in [0.25, 0.3) is 0 Å². The summed E-state index contributed by atoms with van der Waals surface area (Å²) < 4.78 is 13.6. The molecule has 4 N–H and O–H groups in total. The lowest BCUT2D eigenvalue weighted by atomic mass is 10.0. The maximum Gasteiger partial charge on any atom is 0.307 e. The summed E-state index contributed by atoms with van der Waals surface area (Å²) in [7, 11) is -4.20. The van der Waals surface area contributed by atoms with Crippen molar-refractivity contribution in [3.05, 3.63) is 71.8 Å². The molecule has 0 aliphatic rings. The molecule has 0 bridgehead atoms. The molecule has 4 atom stereocenters. The fourth-order valence-corrected chi connectivity index (χ4v) is 5.91. The Labute approximate surface area is 206 Å². The second kappa shape index (κ2) is 13.2. The highest BCUT2D eigenvalue weighted by Crippen LogP contribution is 2.48. The van der Waals surface area contributed by atoms with E-state index in [2.05, 4.69) is 10.6 Å². The number of carboxylic acid groups (broad SMARTS) is 1. The van der Waals surface area contributed by atoms with Crippen LogP contribution in [0.25, 0.3) is 0 Å².